The van der Waals surface area contributed by atoms with E-state index < -0.39 is 11.9 Å². The Bertz CT molecular complexity index is 813. The number of aromatic carboxylic acids is 2. The number of aromatic hydroxyl groups is 1. The molecule has 9 heteroatoms. The Morgan fingerprint density at radius 3 is 2.04 bits per heavy atom. The normalized spacial score (nSPS) is 10.9. The van der Waals surface area contributed by atoms with Crippen LogP contribution in [0.15, 0.2) is 40.6 Å². The highest BCUT2D eigenvalue weighted by Crippen LogP contribution is 2.36. The first-order chi connectivity index (χ1) is 10.8. The van der Waals surface area contributed by atoms with Crippen molar-refractivity contribution in [1.29, 1.82) is 0 Å². The van der Waals surface area contributed by atoms with Crippen molar-refractivity contribution in [2.24, 2.45) is 10.2 Å². The van der Waals surface area contributed by atoms with E-state index in [1.807, 2.05) is 0 Å². The molecule has 2 aromatic rings. The van der Waals surface area contributed by atoms with Crippen LogP contribution in [-0.4, -0.2) is 27.3 Å². The lowest BCUT2D eigenvalue weighted by molar-refractivity contribution is 0.0682. The van der Waals surface area contributed by atoms with E-state index in [2.05, 4.69) is 10.2 Å². The molecule has 23 heavy (non-hydrogen) atoms. The van der Waals surface area contributed by atoms with Gasteiger partial charge in [0.05, 0.1) is 26.9 Å². The molecule has 0 atom stereocenters. The van der Waals surface area contributed by atoms with Gasteiger partial charge in [-0.05, 0) is 30.3 Å². The van der Waals surface area contributed by atoms with E-state index in [0.29, 0.717) is 0 Å². The Balaban J connectivity index is 2.47. The number of halogens is 2. The Hall–Kier alpha value is -2.64. The van der Waals surface area contributed by atoms with Crippen LogP contribution in [0.25, 0.3) is 0 Å². The van der Waals surface area contributed by atoms with Gasteiger partial charge in [-0.3, -0.25) is 0 Å². The number of rotatable bonds is 4. The van der Waals surface area contributed by atoms with E-state index in [1.165, 1.54) is 12.1 Å². The van der Waals surface area contributed by atoms with Crippen molar-refractivity contribution in [1.82, 2.24) is 0 Å². The van der Waals surface area contributed by atoms with E-state index in [1.54, 1.807) is 0 Å². The first kappa shape index (κ1) is 16.7. The van der Waals surface area contributed by atoms with E-state index in [-0.39, 0.29) is 38.3 Å². The van der Waals surface area contributed by atoms with E-state index >= 15 is 0 Å². The third-order valence-corrected chi connectivity index (χ3v) is 3.33. The highest BCUT2D eigenvalue weighted by Gasteiger charge is 2.13. The Morgan fingerprint density at radius 1 is 0.913 bits per heavy atom. The van der Waals surface area contributed by atoms with Crippen molar-refractivity contribution in [2.45, 2.75) is 0 Å². The fourth-order valence-corrected chi connectivity index (χ4v) is 2.13. The fraction of sp³-hybridized carbons (Fsp3) is 0. The number of carbonyl (C=O) groups is 2. The quantitative estimate of drug-likeness (QED) is 0.697. The first-order valence-electron chi connectivity index (χ1n) is 6.00. The molecular formula is C14H8Cl2N2O5. The Morgan fingerprint density at radius 2 is 1.52 bits per heavy atom. The summed E-state index contributed by atoms with van der Waals surface area (Å²) in [4.78, 5) is 22.1. The maximum atomic E-state index is 11.1. The smallest absolute Gasteiger partial charge is 0.337 e. The molecule has 0 aliphatic heterocycles. The molecule has 2 rings (SSSR count). The molecule has 0 saturated heterocycles. The number of azo groups is 1. The number of hydrogen-bond acceptors (Lipinski definition) is 5. The molecule has 0 aliphatic rings. The van der Waals surface area contributed by atoms with Crippen molar-refractivity contribution in [2.75, 3.05) is 0 Å². The zero-order chi connectivity index (χ0) is 17.1. The summed E-state index contributed by atoms with van der Waals surface area (Å²) in [6.07, 6.45) is 0. The summed E-state index contributed by atoms with van der Waals surface area (Å²) < 4.78 is 0. The fourth-order valence-electron chi connectivity index (χ4n) is 1.65. The number of hydrogen-bond donors (Lipinski definition) is 3. The molecule has 0 spiro atoms. The molecule has 0 aromatic heterocycles. The van der Waals surface area contributed by atoms with Crippen molar-refractivity contribution in [3.05, 3.63) is 51.5 Å². The van der Waals surface area contributed by atoms with Gasteiger partial charge in [0.15, 0.2) is 5.75 Å². The molecular weight excluding hydrogens is 347 g/mol. The number of nitrogens with zero attached hydrogens (tertiary/aromatic N) is 2. The predicted octanol–water partition coefficient (Wildman–Crippen LogP) is 4.51. The average molecular weight is 355 g/mol. The zero-order valence-corrected chi connectivity index (χ0v) is 12.7. The summed E-state index contributed by atoms with van der Waals surface area (Å²) in [5, 5.41) is 34.9. The van der Waals surface area contributed by atoms with Gasteiger partial charge in [0.25, 0.3) is 0 Å². The van der Waals surface area contributed by atoms with Crippen LogP contribution in [0.5, 0.6) is 5.75 Å². The van der Waals surface area contributed by atoms with Gasteiger partial charge in [-0.2, -0.15) is 5.11 Å². The van der Waals surface area contributed by atoms with E-state index in [9.17, 15) is 14.7 Å². The predicted molar refractivity (Wildman–Crippen MR) is 82.7 cm³/mol. The van der Waals surface area contributed by atoms with Gasteiger partial charge in [-0.1, -0.05) is 23.2 Å². The van der Waals surface area contributed by atoms with E-state index in [4.69, 9.17) is 33.4 Å². The zero-order valence-electron chi connectivity index (χ0n) is 11.2. The van der Waals surface area contributed by atoms with Crippen LogP contribution < -0.4 is 0 Å². The number of phenols is 1. The molecule has 0 aliphatic carbocycles. The van der Waals surface area contributed by atoms with Crippen molar-refractivity contribution in [3.8, 4) is 5.75 Å². The van der Waals surface area contributed by atoms with Crippen LogP contribution >= 0.6 is 23.2 Å². The molecule has 0 fully saturated rings. The Kier molecular flexibility index (Phi) is 4.83. The monoisotopic (exact) mass is 354 g/mol. The lowest BCUT2D eigenvalue weighted by atomic mass is 10.1. The van der Waals surface area contributed by atoms with Crippen LogP contribution in [0.1, 0.15) is 20.7 Å². The largest absolute Gasteiger partial charge is 0.505 e. The number of phenolic OH excluding ortho intramolecular Hbond substituents is 1. The van der Waals surface area contributed by atoms with Crippen molar-refractivity contribution in [3.63, 3.8) is 0 Å². The van der Waals surface area contributed by atoms with E-state index in [0.717, 1.165) is 18.2 Å². The highest BCUT2D eigenvalue weighted by atomic mass is 35.5. The Labute approximate surface area is 139 Å². The van der Waals surface area contributed by atoms with Gasteiger partial charge < -0.3 is 15.3 Å². The maximum absolute atomic E-state index is 11.1. The number of benzene rings is 2. The topological polar surface area (TPSA) is 120 Å². The molecule has 0 bridgehead atoms. The molecule has 0 unspecified atom stereocenters. The van der Waals surface area contributed by atoms with Crippen LogP contribution in [0.4, 0.5) is 11.4 Å². The standard InChI is InChI=1S/C14H8Cl2N2O5/c15-9-4-7(5-10(16)12(9)19)17-18-11-3-6(13(20)21)1-2-8(11)14(22)23/h1-5,19H,(H,20,21)(H,22,23)/b18-17+. The second-order valence-corrected chi connectivity index (χ2v) is 5.11. The minimum Gasteiger partial charge on any atom is -0.505 e. The molecule has 0 heterocycles. The second-order valence-electron chi connectivity index (χ2n) is 4.30. The molecule has 2 aromatic carbocycles. The molecule has 118 valence electrons. The van der Waals surface area contributed by atoms with Gasteiger partial charge >= 0.3 is 11.9 Å². The summed E-state index contributed by atoms with van der Waals surface area (Å²) in [7, 11) is 0. The second kappa shape index (κ2) is 6.64. The van der Waals surface area contributed by atoms with Crippen LogP contribution in [-0.2, 0) is 0 Å². The minimum absolute atomic E-state index is 0.0517. The SMILES string of the molecule is O=C(O)c1ccc(C(=O)O)c(/N=N/c2cc(Cl)c(O)c(Cl)c2)c1. The highest BCUT2D eigenvalue weighted by molar-refractivity contribution is 6.37. The minimum atomic E-state index is -1.28. The third kappa shape index (κ3) is 3.77. The lowest BCUT2D eigenvalue weighted by Gasteiger charge is -2.03. The third-order valence-electron chi connectivity index (χ3n) is 2.75. The van der Waals surface area contributed by atoms with Crippen LogP contribution in [0, 0.1) is 0 Å². The van der Waals surface area contributed by atoms with Gasteiger partial charge in [0, 0.05) is 0 Å². The molecule has 0 saturated carbocycles. The molecule has 0 amide bonds. The van der Waals surface area contributed by atoms with Gasteiger partial charge in [-0.15, -0.1) is 5.11 Å². The molecule has 7 nitrogen and oxygen atoms in total. The molecule has 0 radical (unpaired) electrons. The summed E-state index contributed by atoms with van der Waals surface area (Å²) >= 11 is 11.5. The van der Waals surface area contributed by atoms with Gasteiger partial charge in [0.2, 0.25) is 0 Å². The number of carboxylic acids is 2. The summed E-state index contributed by atoms with van der Waals surface area (Å²) in [5.74, 6) is -2.82. The summed E-state index contributed by atoms with van der Waals surface area (Å²) in [6, 6.07) is 5.90. The maximum Gasteiger partial charge on any atom is 0.337 e. The van der Waals surface area contributed by atoms with Crippen LogP contribution in [0.3, 0.4) is 0 Å². The first-order valence-corrected chi connectivity index (χ1v) is 6.75. The van der Waals surface area contributed by atoms with Gasteiger partial charge in [-0.25, -0.2) is 9.59 Å². The van der Waals surface area contributed by atoms with Crippen LogP contribution in [0.2, 0.25) is 10.0 Å². The van der Waals surface area contributed by atoms with Gasteiger partial charge in [0.1, 0.15) is 5.69 Å². The average Bonchev–Trinajstić information content (AvgIpc) is 2.49. The number of carboxylic acid groups (broad SMARTS) is 2. The summed E-state index contributed by atoms with van der Waals surface area (Å²) in [6.45, 7) is 0. The lowest BCUT2D eigenvalue weighted by Crippen LogP contribution is -2.00. The van der Waals surface area contributed by atoms with Crippen molar-refractivity contribution >= 4 is 46.5 Å². The molecule has 3 N–H and O–H groups in total. The summed E-state index contributed by atoms with van der Waals surface area (Å²) in [5.41, 5.74) is -0.326. The van der Waals surface area contributed by atoms with Crippen molar-refractivity contribution < 1.29 is 24.9 Å².